The Kier molecular flexibility index (Phi) is 4.98. The molecule has 0 spiro atoms. The number of thiazole rings is 1. The highest BCUT2D eigenvalue weighted by atomic mass is 35.5. The maximum absolute atomic E-state index is 11.4. The lowest BCUT2D eigenvalue weighted by Crippen LogP contribution is -1.98. The molecule has 2 rings (SSSR count). The van der Waals surface area contributed by atoms with Crippen LogP contribution in [0.15, 0.2) is 24.3 Å². The standard InChI is InChI=1S/C14H14ClNO3S/c1-3-4-9-5-7-10(8-6-9)19-14-16-12(15)11(20-14)13(17)18-2/h5-8H,3-4H2,1-2H3. The molecule has 106 valence electrons. The SMILES string of the molecule is CCCc1ccc(Oc2nc(Cl)c(C(=O)OC)s2)cc1. The van der Waals surface area contributed by atoms with Gasteiger partial charge < -0.3 is 9.47 Å². The number of nitrogens with zero attached hydrogens (tertiary/aromatic N) is 1. The number of hydrogen-bond acceptors (Lipinski definition) is 5. The molecule has 0 aliphatic carbocycles. The number of rotatable bonds is 5. The van der Waals surface area contributed by atoms with Crippen LogP contribution in [0, 0.1) is 0 Å². The molecule has 0 saturated carbocycles. The molecule has 1 aromatic carbocycles. The second-order valence-corrected chi connectivity index (χ2v) is 5.41. The molecular weight excluding hydrogens is 298 g/mol. The van der Waals surface area contributed by atoms with E-state index in [0.29, 0.717) is 10.9 Å². The minimum atomic E-state index is -0.513. The molecule has 20 heavy (non-hydrogen) atoms. The van der Waals surface area contributed by atoms with Crippen LogP contribution in [0.4, 0.5) is 0 Å². The van der Waals surface area contributed by atoms with Crippen LogP contribution in [-0.4, -0.2) is 18.1 Å². The van der Waals surface area contributed by atoms with Crippen LogP contribution in [-0.2, 0) is 11.2 Å². The van der Waals surface area contributed by atoms with E-state index in [-0.39, 0.29) is 10.0 Å². The lowest BCUT2D eigenvalue weighted by molar-refractivity contribution is 0.0606. The highest BCUT2D eigenvalue weighted by Gasteiger charge is 2.18. The quantitative estimate of drug-likeness (QED) is 0.771. The molecule has 0 unspecified atom stereocenters. The molecule has 0 amide bonds. The van der Waals surface area contributed by atoms with Gasteiger partial charge in [-0.25, -0.2) is 4.79 Å². The number of aryl methyl sites for hydroxylation is 1. The van der Waals surface area contributed by atoms with E-state index in [4.69, 9.17) is 16.3 Å². The third kappa shape index (κ3) is 3.49. The van der Waals surface area contributed by atoms with E-state index in [2.05, 4.69) is 16.6 Å². The number of ether oxygens (including phenoxy) is 2. The molecule has 2 aromatic rings. The molecular formula is C14H14ClNO3S. The number of esters is 1. The van der Waals surface area contributed by atoms with Crippen molar-refractivity contribution in [2.45, 2.75) is 19.8 Å². The number of benzene rings is 1. The summed E-state index contributed by atoms with van der Waals surface area (Å²) in [7, 11) is 1.30. The largest absolute Gasteiger partial charge is 0.465 e. The normalized spacial score (nSPS) is 10.3. The maximum Gasteiger partial charge on any atom is 0.351 e. The van der Waals surface area contributed by atoms with E-state index >= 15 is 0 Å². The molecule has 6 heteroatoms. The van der Waals surface area contributed by atoms with E-state index in [1.54, 1.807) is 0 Å². The summed E-state index contributed by atoms with van der Waals surface area (Å²) in [6.07, 6.45) is 2.14. The van der Waals surface area contributed by atoms with Crippen molar-refractivity contribution in [3.05, 3.63) is 39.9 Å². The molecule has 0 aliphatic heterocycles. The number of hydrogen-bond donors (Lipinski definition) is 0. The van der Waals surface area contributed by atoms with Crippen molar-refractivity contribution < 1.29 is 14.3 Å². The molecule has 0 fully saturated rings. The summed E-state index contributed by atoms with van der Waals surface area (Å²) in [5, 5.41) is 0.415. The van der Waals surface area contributed by atoms with Crippen molar-refractivity contribution >= 4 is 28.9 Å². The van der Waals surface area contributed by atoms with Gasteiger partial charge in [0.15, 0.2) is 10.0 Å². The van der Waals surface area contributed by atoms with Gasteiger partial charge >= 0.3 is 5.97 Å². The van der Waals surface area contributed by atoms with Crippen LogP contribution in [0.1, 0.15) is 28.6 Å². The number of methoxy groups -OCH3 is 1. The van der Waals surface area contributed by atoms with Gasteiger partial charge in [0.2, 0.25) is 0 Å². The fourth-order valence-electron chi connectivity index (χ4n) is 1.66. The molecule has 0 saturated heterocycles. The minimum absolute atomic E-state index is 0.0967. The van der Waals surface area contributed by atoms with Crippen molar-refractivity contribution in [3.63, 3.8) is 0 Å². The van der Waals surface area contributed by atoms with Crippen molar-refractivity contribution in [3.8, 4) is 10.9 Å². The number of halogens is 1. The predicted octanol–water partition coefficient (Wildman–Crippen LogP) is 4.33. The Morgan fingerprint density at radius 1 is 1.35 bits per heavy atom. The average molecular weight is 312 g/mol. The Balaban J connectivity index is 2.11. The second-order valence-electron chi connectivity index (χ2n) is 4.09. The van der Waals surface area contributed by atoms with Crippen LogP contribution in [0.2, 0.25) is 5.15 Å². The maximum atomic E-state index is 11.4. The summed E-state index contributed by atoms with van der Waals surface area (Å²) in [5.41, 5.74) is 1.26. The van der Waals surface area contributed by atoms with Gasteiger partial charge in [0, 0.05) is 0 Å². The van der Waals surface area contributed by atoms with Crippen LogP contribution in [0.5, 0.6) is 10.9 Å². The first-order valence-corrected chi connectivity index (χ1v) is 7.35. The average Bonchev–Trinajstić information content (AvgIpc) is 2.81. The molecule has 0 radical (unpaired) electrons. The van der Waals surface area contributed by atoms with Crippen molar-refractivity contribution in [2.75, 3.05) is 7.11 Å². The Hall–Kier alpha value is -1.59. The monoisotopic (exact) mass is 311 g/mol. The number of carbonyl (C=O) groups is 1. The van der Waals surface area contributed by atoms with E-state index < -0.39 is 5.97 Å². The molecule has 4 nitrogen and oxygen atoms in total. The molecule has 0 bridgehead atoms. The Morgan fingerprint density at radius 3 is 2.65 bits per heavy atom. The number of carbonyl (C=O) groups excluding carboxylic acids is 1. The summed E-state index contributed by atoms with van der Waals surface area (Å²) in [6, 6.07) is 7.76. The van der Waals surface area contributed by atoms with Gasteiger partial charge in [-0.05, 0) is 24.1 Å². The van der Waals surface area contributed by atoms with Crippen molar-refractivity contribution in [1.82, 2.24) is 4.98 Å². The first-order valence-electron chi connectivity index (χ1n) is 6.15. The van der Waals surface area contributed by atoms with Crippen LogP contribution in [0.3, 0.4) is 0 Å². The second kappa shape index (κ2) is 6.72. The summed E-state index contributed by atoms with van der Waals surface area (Å²) >= 11 is 6.93. The highest BCUT2D eigenvalue weighted by Crippen LogP contribution is 2.32. The Labute approximate surface area is 126 Å². The van der Waals surface area contributed by atoms with Gasteiger partial charge in [-0.1, -0.05) is 48.4 Å². The zero-order chi connectivity index (χ0) is 14.5. The molecule has 1 aromatic heterocycles. The lowest BCUT2D eigenvalue weighted by atomic mass is 10.1. The smallest absolute Gasteiger partial charge is 0.351 e. The van der Waals surface area contributed by atoms with Crippen molar-refractivity contribution in [1.29, 1.82) is 0 Å². The zero-order valence-electron chi connectivity index (χ0n) is 11.2. The molecule has 1 heterocycles. The van der Waals surface area contributed by atoms with E-state index in [0.717, 1.165) is 24.2 Å². The van der Waals surface area contributed by atoms with Gasteiger partial charge in [-0.15, -0.1) is 0 Å². The molecule has 0 atom stereocenters. The van der Waals surface area contributed by atoms with E-state index in [9.17, 15) is 4.79 Å². The summed E-state index contributed by atoms with van der Waals surface area (Å²) in [4.78, 5) is 15.7. The fourth-order valence-corrected chi connectivity index (χ4v) is 2.72. The van der Waals surface area contributed by atoms with Gasteiger partial charge in [0.25, 0.3) is 5.19 Å². The van der Waals surface area contributed by atoms with Gasteiger partial charge in [0.1, 0.15) is 5.75 Å². The highest BCUT2D eigenvalue weighted by molar-refractivity contribution is 7.15. The van der Waals surface area contributed by atoms with Crippen molar-refractivity contribution in [2.24, 2.45) is 0 Å². The van der Waals surface area contributed by atoms with E-state index in [1.165, 1.54) is 12.7 Å². The predicted molar refractivity (Wildman–Crippen MR) is 79.0 cm³/mol. The van der Waals surface area contributed by atoms with Gasteiger partial charge in [0.05, 0.1) is 7.11 Å². The lowest BCUT2D eigenvalue weighted by Gasteiger charge is -2.03. The van der Waals surface area contributed by atoms with Crippen LogP contribution >= 0.6 is 22.9 Å². The third-order valence-corrected chi connectivity index (χ3v) is 3.90. The van der Waals surface area contributed by atoms with E-state index in [1.807, 2.05) is 24.3 Å². The third-order valence-electron chi connectivity index (χ3n) is 2.60. The first-order chi connectivity index (χ1) is 9.63. The van der Waals surface area contributed by atoms with Crippen LogP contribution in [0.25, 0.3) is 0 Å². The first kappa shape index (κ1) is 14.8. The summed E-state index contributed by atoms with van der Waals surface area (Å²) in [5.74, 6) is 0.146. The minimum Gasteiger partial charge on any atom is -0.465 e. The Bertz CT molecular complexity index is 595. The summed E-state index contributed by atoms with van der Waals surface area (Å²) in [6.45, 7) is 2.14. The summed E-state index contributed by atoms with van der Waals surface area (Å²) < 4.78 is 10.2. The number of aromatic nitrogens is 1. The fraction of sp³-hybridized carbons (Fsp3) is 0.286. The van der Waals surface area contributed by atoms with Crippen LogP contribution < -0.4 is 4.74 Å². The molecule has 0 aliphatic rings. The zero-order valence-corrected chi connectivity index (χ0v) is 12.8. The van der Waals surface area contributed by atoms with Gasteiger partial charge in [-0.2, -0.15) is 4.98 Å². The topological polar surface area (TPSA) is 48.4 Å². The van der Waals surface area contributed by atoms with Gasteiger partial charge in [-0.3, -0.25) is 0 Å². The molecule has 0 N–H and O–H groups in total. The Morgan fingerprint density at radius 2 is 2.05 bits per heavy atom.